The Morgan fingerprint density at radius 1 is 1.19 bits per heavy atom. The molecule has 1 aliphatic heterocycles. The van der Waals surface area contributed by atoms with Crippen LogP contribution in [0, 0.1) is 5.82 Å². The van der Waals surface area contributed by atoms with E-state index in [1.807, 2.05) is 37.3 Å². The SMILES string of the molecule is CCN1C(=O)/C(=C/c2ccc(OCc3cccc(F)c3)cc2)N(C)C1=S. The van der Waals surface area contributed by atoms with Gasteiger partial charge < -0.3 is 9.64 Å². The maximum absolute atomic E-state index is 13.2. The summed E-state index contributed by atoms with van der Waals surface area (Å²) >= 11 is 5.29. The van der Waals surface area contributed by atoms with E-state index in [-0.39, 0.29) is 11.7 Å². The number of ether oxygens (including phenoxy) is 1. The van der Waals surface area contributed by atoms with E-state index in [1.165, 1.54) is 12.1 Å². The van der Waals surface area contributed by atoms with Gasteiger partial charge in [0, 0.05) is 13.6 Å². The summed E-state index contributed by atoms with van der Waals surface area (Å²) in [5.41, 5.74) is 2.19. The second-order valence-corrected chi connectivity index (χ2v) is 6.27. The largest absolute Gasteiger partial charge is 0.489 e. The third-order valence-corrected chi connectivity index (χ3v) is 4.63. The van der Waals surface area contributed by atoms with Crippen molar-refractivity contribution in [1.82, 2.24) is 9.80 Å². The molecule has 0 unspecified atom stereocenters. The average molecular weight is 370 g/mol. The summed E-state index contributed by atoms with van der Waals surface area (Å²) in [6.45, 7) is 2.73. The number of thiocarbonyl (C=S) groups is 1. The lowest BCUT2D eigenvalue weighted by Crippen LogP contribution is -2.30. The van der Waals surface area contributed by atoms with Gasteiger partial charge in [0.15, 0.2) is 5.11 Å². The Bertz CT molecular complexity index is 864. The molecular formula is C20H19FN2O2S. The number of amides is 1. The van der Waals surface area contributed by atoms with E-state index in [1.54, 1.807) is 29.0 Å². The maximum atomic E-state index is 13.2. The first kappa shape index (κ1) is 18.1. The number of hydrogen-bond donors (Lipinski definition) is 0. The van der Waals surface area contributed by atoms with Gasteiger partial charge in [0.1, 0.15) is 23.9 Å². The summed E-state index contributed by atoms with van der Waals surface area (Å²) in [4.78, 5) is 15.7. The summed E-state index contributed by atoms with van der Waals surface area (Å²) < 4.78 is 18.8. The average Bonchev–Trinajstić information content (AvgIpc) is 2.84. The lowest BCUT2D eigenvalue weighted by molar-refractivity contribution is -0.122. The number of hydrogen-bond acceptors (Lipinski definition) is 3. The molecule has 0 aromatic heterocycles. The Labute approximate surface area is 157 Å². The highest BCUT2D eigenvalue weighted by Gasteiger charge is 2.34. The van der Waals surface area contributed by atoms with Gasteiger partial charge in [-0.05, 0) is 60.6 Å². The van der Waals surface area contributed by atoms with Crippen LogP contribution in [0.1, 0.15) is 18.1 Å². The van der Waals surface area contributed by atoms with Crippen LogP contribution in [0.4, 0.5) is 4.39 Å². The fourth-order valence-electron chi connectivity index (χ4n) is 2.70. The molecule has 4 nitrogen and oxygen atoms in total. The molecule has 2 aromatic carbocycles. The van der Waals surface area contributed by atoms with Gasteiger partial charge in [-0.1, -0.05) is 24.3 Å². The minimum absolute atomic E-state index is 0.0913. The van der Waals surface area contributed by atoms with E-state index in [9.17, 15) is 9.18 Å². The third-order valence-electron chi connectivity index (χ3n) is 4.14. The Morgan fingerprint density at radius 2 is 1.92 bits per heavy atom. The van der Waals surface area contributed by atoms with Crippen molar-refractivity contribution in [1.29, 1.82) is 0 Å². The number of benzene rings is 2. The van der Waals surface area contributed by atoms with E-state index >= 15 is 0 Å². The van der Waals surface area contributed by atoms with Crippen LogP contribution >= 0.6 is 12.2 Å². The van der Waals surface area contributed by atoms with Crippen molar-refractivity contribution >= 4 is 29.3 Å². The van der Waals surface area contributed by atoms with Crippen LogP contribution in [0.5, 0.6) is 5.75 Å². The first-order valence-corrected chi connectivity index (χ1v) is 8.69. The summed E-state index contributed by atoms with van der Waals surface area (Å²) in [6, 6.07) is 13.7. The summed E-state index contributed by atoms with van der Waals surface area (Å²) in [6.07, 6.45) is 1.81. The van der Waals surface area contributed by atoms with Crippen LogP contribution in [0.25, 0.3) is 6.08 Å². The highest BCUT2D eigenvalue weighted by atomic mass is 32.1. The summed E-state index contributed by atoms with van der Waals surface area (Å²) in [5.74, 6) is 0.303. The fourth-order valence-corrected chi connectivity index (χ4v) is 3.01. The summed E-state index contributed by atoms with van der Waals surface area (Å²) in [5, 5.41) is 0.513. The predicted molar refractivity (Wildman–Crippen MR) is 103 cm³/mol. The van der Waals surface area contributed by atoms with E-state index < -0.39 is 0 Å². The third kappa shape index (κ3) is 3.75. The highest BCUT2D eigenvalue weighted by Crippen LogP contribution is 2.23. The van der Waals surface area contributed by atoms with Crippen LogP contribution in [-0.4, -0.2) is 34.4 Å². The molecular weight excluding hydrogens is 351 g/mol. The Morgan fingerprint density at radius 3 is 2.54 bits per heavy atom. The summed E-state index contributed by atoms with van der Waals surface area (Å²) in [7, 11) is 1.79. The molecule has 0 atom stereocenters. The van der Waals surface area contributed by atoms with Gasteiger partial charge >= 0.3 is 0 Å². The van der Waals surface area contributed by atoms with Crippen molar-refractivity contribution in [2.45, 2.75) is 13.5 Å². The van der Waals surface area contributed by atoms with Gasteiger partial charge in [0.2, 0.25) is 0 Å². The van der Waals surface area contributed by atoms with Crippen molar-refractivity contribution < 1.29 is 13.9 Å². The first-order chi connectivity index (χ1) is 12.5. The molecule has 1 fully saturated rings. The molecule has 26 heavy (non-hydrogen) atoms. The molecule has 0 spiro atoms. The quantitative estimate of drug-likeness (QED) is 0.592. The van der Waals surface area contributed by atoms with Gasteiger partial charge in [0.05, 0.1) is 0 Å². The van der Waals surface area contributed by atoms with Crippen LogP contribution < -0.4 is 4.74 Å². The zero-order valence-electron chi connectivity index (χ0n) is 14.6. The standard InChI is InChI=1S/C20H19FN2O2S/c1-3-23-19(24)18(22(2)20(23)26)12-14-7-9-17(10-8-14)25-13-15-5-4-6-16(21)11-15/h4-12H,3,13H2,1-2H3/b18-12-. The molecule has 1 amide bonds. The lowest BCUT2D eigenvalue weighted by Gasteiger charge is -2.13. The molecule has 0 radical (unpaired) electrons. The van der Waals surface area contributed by atoms with Gasteiger partial charge in [-0.2, -0.15) is 0 Å². The molecule has 134 valence electrons. The molecule has 1 saturated heterocycles. The monoisotopic (exact) mass is 370 g/mol. The topological polar surface area (TPSA) is 32.8 Å². The minimum atomic E-state index is -0.280. The van der Waals surface area contributed by atoms with E-state index in [4.69, 9.17) is 17.0 Å². The molecule has 6 heteroatoms. The normalized spacial score (nSPS) is 15.9. The number of carbonyl (C=O) groups excluding carboxylic acids is 1. The second kappa shape index (κ2) is 7.66. The zero-order valence-corrected chi connectivity index (χ0v) is 15.4. The highest BCUT2D eigenvalue weighted by molar-refractivity contribution is 7.80. The first-order valence-electron chi connectivity index (χ1n) is 8.28. The molecule has 1 heterocycles. The van der Waals surface area contributed by atoms with Crippen molar-refractivity contribution in [2.75, 3.05) is 13.6 Å². The van der Waals surface area contributed by atoms with Crippen LogP contribution in [-0.2, 0) is 11.4 Å². The maximum Gasteiger partial charge on any atom is 0.276 e. The molecule has 1 aliphatic rings. The van der Waals surface area contributed by atoms with Gasteiger partial charge in [-0.15, -0.1) is 0 Å². The smallest absolute Gasteiger partial charge is 0.276 e. The predicted octanol–water partition coefficient (Wildman–Crippen LogP) is 3.82. The van der Waals surface area contributed by atoms with Crippen molar-refractivity contribution in [3.63, 3.8) is 0 Å². The van der Waals surface area contributed by atoms with Gasteiger partial charge in [-0.3, -0.25) is 9.69 Å². The molecule has 0 N–H and O–H groups in total. The minimum Gasteiger partial charge on any atom is -0.489 e. The van der Waals surface area contributed by atoms with Crippen LogP contribution in [0.15, 0.2) is 54.2 Å². The fraction of sp³-hybridized carbons (Fsp3) is 0.200. The molecule has 2 aromatic rings. The van der Waals surface area contributed by atoms with E-state index in [2.05, 4.69) is 0 Å². The van der Waals surface area contributed by atoms with Crippen molar-refractivity contribution in [3.8, 4) is 5.75 Å². The Balaban J connectivity index is 1.70. The van der Waals surface area contributed by atoms with Crippen molar-refractivity contribution in [2.24, 2.45) is 0 Å². The molecule has 0 bridgehead atoms. The molecule has 0 saturated carbocycles. The van der Waals surface area contributed by atoms with E-state index in [0.29, 0.717) is 29.7 Å². The van der Waals surface area contributed by atoms with Crippen LogP contribution in [0.3, 0.4) is 0 Å². The van der Waals surface area contributed by atoms with Crippen molar-refractivity contribution in [3.05, 3.63) is 71.2 Å². The number of likely N-dealkylation sites (N-methyl/N-ethyl adjacent to an activating group) is 2. The van der Waals surface area contributed by atoms with Gasteiger partial charge in [-0.25, -0.2) is 4.39 Å². The van der Waals surface area contributed by atoms with E-state index in [0.717, 1.165) is 11.1 Å². The zero-order chi connectivity index (χ0) is 18.7. The molecule has 0 aliphatic carbocycles. The number of rotatable bonds is 5. The Hall–Kier alpha value is -2.73. The number of halogens is 1. The lowest BCUT2D eigenvalue weighted by atomic mass is 10.1. The van der Waals surface area contributed by atoms with Crippen LogP contribution in [0.2, 0.25) is 0 Å². The number of nitrogens with zero attached hydrogens (tertiary/aromatic N) is 2. The second-order valence-electron chi connectivity index (χ2n) is 5.91. The molecule has 3 rings (SSSR count). The number of carbonyl (C=O) groups is 1. The Kier molecular flexibility index (Phi) is 5.32. The van der Waals surface area contributed by atoms with Gasteiger partial charge in [0.25, 0.3) is 5.91 Å².